The van der Waals surface area contributed by atoms with Crippen LogP contribution in [0.3, 0.4) is 0 Å². The minimum absolute atomic E-state index is 0.00818. The van der Waals surface area contributed by atoms with E-state index in [9.17, 15) is 9.59 Å². The lowest BCUT2D eigenvalue weighted by molar-refractivity contribution is -0.133. The van der Waals surface area contributed by atoms with Crippen molar-refractivity contribution in [1.82, 2.24) is 19.7 Å². The largest absolute Gasteiger partial charge is 0.462 e. The maximum absolute atomic E-state index is 13.5. The second kappa shape index (κ2) is 9.89. The molecule has 2 aromatic heterocycles. The first kappa shape index (κ1) is 21.9. The van der Waals surface area contributed by atoms with Crippen molar-refractivity contribution in [2.75, 3.05) is 45.8 Å². The van der Waals surface area contributed by atoms with E-state index in [-0.39, 0.29) is 11.8 Å². The molecule has 1 aromatic carbocycles. The maximum Gasteiger partial charge on any atom is 0.266 e. The Bertz CT molecular complexity index is 1080. The summed E-state index contributed by atoms with van der Waals surface area (Å²) in [5.41, 5.74) is 1.61. The summed E-state index contributed by atoms with van der Waals surface area (Å²) in [5, 5.41) is 0.702. The fraction of sp³-hybridized carbons (Fsp3) is 0.400. The number of rotatable bonds is 5. The van der Waals surface area contributed by atoms with Gasteiger partial charge in [-0.15, -0.1) is 11.3 Å². The molecule has 0 saturated carbocycles. The number of carbonyl (C=O) groups is 2. The van der Waals surface area contributed by atoms with Crippen LogP contribution in [0.25, 0.3) is 22.0 Å². The molecule has 4 heterocycles. The number of furan rings is 1. The van der Waals surface area contributed by atoms with E-state index >= 15 is 0 Å². The molecule has 0 aliphatic carbocycles. The molecule has 2 fully saturated rings. The van der Waals surface area contributed by atoms with Crippen LogP contribution in [0.2, 0.25) is 0 Å². The highest BCUT2D eigenvalue weighted by Gasteiger charge is 2.29. The van der Waals surface area contributed by atoms with Gasteiger partial charge in [0.05, 0.1) is 18.5 Å². The van der Waals surface area contributed by atoms with Gasteiger partial charge in [-0.25, -0.2) is 4.98 Å². The van der Waals surface area contributed by atoms with Gasteiger partial charge in [0.2, 0.25) is 5.91 Å². The van der Waals surface area contributed by atoms with Crippen LogP contribution in [0, 0.1) is 0 Å². The van der Waals surface area contributed by atoms with Crippen LogP contribution >= 0.6 is 11.3 Å². The van der Waals surface area contributed by atoms with Gasteiger partial charge in [0.15, 0.2) is 10.8 Å². The third-order valence-electron chi connectivity index (χ3n) is 6.33. The lowest BCUT2D eigenvalue weighted by Crippen LogP contribution is -2.52. The average Bonchev–Trinajstić information content (AvgIpc) is 3.56. The summed E-state index contributed by atoms with van der Waals surface area (Å²) in [6.45, 7) is 4.82. The quantitative estimate of drug-likeness (QED) is 0.574. The minimum Gasteiger partial charge on any atom is -0.462 e. The molecule has 0 atom stereocenters. The smallest absolute Gasteiger partial charge is 0.266 e. The van der Waals surface area contributed by atoms with Gasteiger partial charge >= 0.3 is 0 Å². The third kappa shape index (κ3) is 4.86. The van der Waals surface area contributed by atoms with E-state index in [4.69, 9.17) is 9.40 Å². The van der Waals surface area contributed by atoms with Crippen LogP contribution in [0.1, 0.15) is 28.9 Å². The molecule has 0 spiro atoms. The van der Waals surface area contributed by atoms with Crippen molar-refractivity contribution >= 4 is 23.2 Å². The molecule has 172 valence electrons. The van der Waals surface area contributed by atoms with Crippen LogP contribution in [-0.4, -0.2) is 77.3 Å². The maximum atomic E-state index is 13.5. The Morgan fingerprint density at radius 1 is 0.879 bits per heavy atom. The molecule has 8 heteroatoms. The normalized spacial score (nSPS) is 17.3. The highest BCUT2D eigenvalue weighted by atomic mass is 32.1. The molecule has 33 heavy (non-hydrogen) atoms. The number of thiazole rings is 1. The summed E-state index contributed by atoms with van der Waals surface area (Å²) in [6.07, 6.45) is 5.04. The first-order valence-corrected chi connectivity index (χ1v) is 12.4. The monoisotopic (exact) mass is 464 g/mol. The number of hydrogen-bond donors (Lipinski definition) is 0. The number of piperazine rings is 1. The van der Waals surface area contributed by atoms with Crippen LogP contribution in [0.4, 0.5) is 0 Å². The summed E-state index contributed by atoms with van der Waals surface area (Å²) >= 11 is 1.37. The summed E-state index contributed by atoms with van der Waals surface area (Å²) in [7, 11) is 0. The van der Waals surface area contributed by atoms with Crippen LogP contribution < -0.4 is 0 Å². The van der Waals surface area contributed by atoms with Crippen LogP contribution in [0.15, 0.2) is 53.1 Å². The number of benzene rings is 1. The molecule has 2 aliphatic rings. The molecular weight excluding hydrogens is 436 g/mol. The zero-order chi connectivity index (χ0) is 22.6. The van der Waals surface area contributed by atoms with Crippen molar-refractivity contribution in [3.63, 3.8) is 0 Å². The molecule has 0 radical (unpaired) electrons. The Morgan fingerprint density at radius 3 is 2.33 bits per heavy atom. The molecule has 0 unspecified atom stereocenters. The standard InChI is InChI=1S/C25H28N4O3S/c30-21(28-11-5-2-6-12-28)18-27-13-15-29(16-14-27)25(31)23-22(19-8-3-1-4-9-19)26-24(33-23)20-10-7-17-32-20/h1,3-4,7-10,17H,2,5-6,11-16,18H2. The summed E-state index contributed by atoms with van der Waals surface area (Å²) in [4.78, 5) is 37.6. The molecular formula is C25H28N4O3S. The van der Waals surface area contributed by atoms with E-state index in [0.717, 1.165) is 31.5 Å². The SMILES string of the molecule is O=C(CN1CCN(C(=O)c2sc(-c3ccco3)nc2-c2ccccc2)CC1)N1CCCCC1. The Labute approximate surface area is 197 Å². The number of hydrogen-bond acceptors (Lipinski definition) is 6. The highest BCUT2D eigenvalue weighted by molar-refractivity contribution is 7.17. The molecule has 0 N–H and O–H groups in total. The van der Waals surface area contributed by atoms with Crippen molar-refractivity contribution in [2.45, 2.75) is 19.3 Å². The highest BCUT2D eigenvalue weighted by Crippen LogP contribution is 2.35. The van der Waals surface area contributed by atoms with Gasteiger partial charge in [-0.1, -0.05) is 30.3 Å². The minimum atomic E-state index is -0.00818. The lowest BCUT2D eigenvalue weighted by Gasteiger charge is -2.36. The van der Waals surface area contributed by atoms with Gasteiger partial charge in [-0.05, 0) is 31.4 Å². The van der Waals surface area contributed by atoms with Crippen molar-refractivity contribution in [1.29, 1.82) is 0 Å². The first-order valence-electron chi connectivity index (χ1n) is 11.6. The fourth-order valence-electron chi connectivity index (χ4n) is 4.45. The average molecular weight is 465 g/mol. The second-order valence-corrected chi connectivity index (χ2v) is 9.55. The summed E-state index contributed by atoms with van der Waals surface area (Å²) in [6, 6.07) is 13.5. The van der Waals surface area contributed by atoms with E-state index in [1.807, 2.05) is 52.3 Å². The van der Waals surface area contributed by atoms with Crippen molar-refractivity contribution in [3.05, 3.63) is 53.6 Å². The molecule has 2 aliphatic heterocycles. The Balaban J connectivity index is 1.28. The van der Waals surface area contributed by atoms with Crippen molar-refractivity contribution in [2.24, 2.45) is 0 Å². The van der Waals surface area contributed by atoms with Gasteiger partial charge in [-0.3, -0.25) is 14.5 Å². The van der Waals surface area contributed by atoms with Gasteiger partial charge in [0.25, 0.3) is 5.91 Å². The molecule has 2 saturated heterocycles. The first-order chi connectivity index (χ1) is 16.2. The van der Waals surface area contributed by atoms with Gasteiger partial charge in [0.1, 0.15) is 4.88 Å². The third-order valence-corrected chi connectivity index (χ3v) is 7.39. The number of carbonyl (C=O) groups excluding carboxylic acids is 2. The Hall–Kier alpha value is -2.97. The van der Waals surface area contributed by atoms with Gasteiger partial charge < -0.3 is 14.2 Å². The van der Waals surface area contributed by atoms with Crippen LogP contribution in [-0.2, 0) is 4.79 Å². The predicted octanol–water partition coefficient (Wildman–Crippen LogP) is 3.84. The second-order valence-electron chi connectivity index (χ2n) is 8.55. The van der Waals surface area contributed by atoms with Gasteiger partial charge in [-0.2, -0.15) is 0 Å². The zero-order valence-electron chi connectivity index (χ0n) is 18.6. The van der Waals surface area contributed by atoms with E-state index in [1.54, 1.807) is 6.26 Å². The zero-order valence-corrected chi connectivity index (χ0v) is 19.4. The summed E-state index contributed by atoms with van der Waals surface area (Å²) < 4.78 is 5.53. The van der Waals surface area contributed by atoms with E-state index in [2.05, 4.69) is 4.90 Å². The summed E-state index contributed by atoms with van der Waals surface area (Å²) in [5.74, 6) is 0.870. The number of likely N-dealkylation sites (tertiary alicyclic amines) is 1. The Morgan fingerprint density at radius 2 is 1.64 bits per heavy atom. The lowest BCUT2D eigenvalue weighted by atomic mass is 10.1. The van der Waals surface area contributed by atoms with Crippen LogP contribution in [0.5, 0.6) is 0 Å². The predicted molar refractivity (Wildman–Crippen MR) is 128 cm³/mol. The number of piperidine rings is 1. The molecule has 7 nitrogen and oxygen atoms in total. The topological polar surface area (TPSA) is 69.9 Å². The molecule has 2 amide bonds. The number of nitrogens with zero attached hydrogens (tertiary/aromatic N) is 4. The van der Waals surface area contributed by atoms with E-state index < -0.39 is 0 Å². The number of amides is 2. The molecule has 5 rings (SSSR count). The van der Waals surface area contributed by atoms with Gasteiger partial charge in [0, 0.05) is 44.8 Å². The fourth-order valence-corrected chi connectivity index (χ4v) is 5.47. The Kier molecular flexibility index (Phi) is 6.55. The molecule has 3 aromatic rings. The van der Waals surface area contributed by atoms with Crippen molar-refractivity contribution < 1.29 is 14.0 Å². The molecule has 0 bridgehead atoms. The van der Waals surface area contributed by atoms with Crippen molar-refractivity contribution in [3.8, 4) is 22.0 Å². The van der Waals surface area contributed by atoms with E-state index in [1.165, 1.54) is 17.8 Å². The number of aromatic nitrogens is 1. The van der Waals surface area contributed by atoms with E-state index in [0.29, 0.717) is 54.1 Å².